The van der Waals surface area contributed by atoms with Crippen LogP contribution >= 0.6 is 0 Å². The Labute approximate surface area is 454 Å². The van der Waals surface area contributed by atoms with Crippen LogP contribution in [0.5, 0.6) is 0 Å². The standard InChI is InChI=1S/C61H111NO13/c1-3-5-7-9-11-13-14-15-16-17-18-19-20-21-22-23-24-25-26-27-28-29-30-31-32-33-34-35-36-37-39-41-43-45-53(66)62-49(50(65)44-42-40-38-12-10-8-6-4-2)48-72-60-58(71)56(69)59(52(47-64)74-60)75-61-57(70)55(68)54(67)51(46-63)73-61/h10,12,14-15,17-18,42,44,49-52,54-61,63-65,67-71H,3-9,11,13,16,19-41,43,45-48H2,1-2H3,(H,62,66)/b12-10+,15-14-,18-17-,44-42+. The normalized spacial score (nSPS) is 25.4. The monoisotopic (exact) mass is 1070 g/mol. The number of carbonyl (C=O) groups is 1. The first-order valence-corrected chi connectivity index (χ1v) is 30.4. The van der Waals surface area contributed by atoms with E-state index in [0.29, 0.717) is 12.8 Å². The van der Waals surface area contributed by atoms with Gasteiger partial charge in [0, 0.05) is 6.42 Å². The van der Waals surface area contributed by atoms with E-state index in [9.17, 15) is 45.6 Å². The molecule has 1 amide bonds. The number of allylic oxidation sites excluding steroid dienone is 7. The summed E-state index contributed by atoms with van der Waals surface area (Å²) in [5.41, 5.74) is 0. The van der Waals surface area contributed by atoms with Gasteiger partial charge in [0.25, 0.3) is 0 Å². The van der Waals surface area contributed by atoms with Crippen LogP contribution in [-0.4, -0.2) is 140 Å². The van der Waals surface area contributed by atoms with Crippen molar-refractivity contribution in [3.05, 3.63) is 48.6 Å². The maximum Gasteiger partial charge on any atom is 0.220 e. The molecule has 438 valence electrons. The van der Waals surface area contributed by atoms with E-state index in [2.05, 4.69) is 55.6 Å². The molecule has 0 aromatic heterocycles. The summed E-state index contributed by atoms with van der Waals surface area (Å²) in [4.78, 5) is 13.2. The number of rotatable bonds is 48. The van der Waals surface area contributed by atoms with Crippen molar-refractivity contribution >= 4 is 5.91 Å². The maximum absolute atomic E-state index is 13.2. The number of unbranched alkanes of at least 4 members (excludes halogenated alkanes) is 29. The van der Waals surface area contributed by atoms with Crippen LogP contribution in [0.2, 0.25) is 0 Å². The Kier molecular flexibility index (Phi) is 43.1. The third kappa shape index (κ3) is 32.6. The zero-order valence-corrected chi connectivity index (χ0v) is 47.0. The summed E-state index contributed by atoms with van der Waals surface area (Å²) in [6, 6.07) is -0.928. The predicted octanol–water partition coefficient (Wildman–Crippen LogP) is 10.4. The van der Waals surface area contributed by atoms with Crippen LogP contribution in [-0.2, 0) is 23.7 Å². The van der Waals surface area contributed by atoms with Gasteiger partial charge in [0.05, 0.1) is 32.0 Å². The Morgan fingerprint density at radius 2 is 0.907 bits per heavy atom. The van der Waals surface area contributed by atoms with E-state index >= 15 is 0 Å². The molecule has 14 nitrogen and oxygen atoms in total. The largest absolute Gasteiger partial charge is 0.394 e. The van der Waals surface area contributed by atoms with Crippen LogP contribution in [0.4, 0.5) is 0 Å². The van der Waals surface area contributed by atoms with Crippen LogP contribution in [0.3, 0.4) is 0 Å². The van der Waals surface area contributed by atoms with E-state index in [1.54, 1.807) is 6.08 Å². The van der Waals surface area contributed by atoms with Gasteiger partial charge in [-0.1, -0.05) is 223 Å². The van der Waals surface area contributed by atoms with Gasteiger partial charge in [-0.2, -0.15) is 0 Å². The fraction of sp³-hybridized carbons (Fsp3) is 0.852. The fourth-order valence-corrected chi connectivity index (χ4v) is 9.80. The van der Waals surface area contributed by atoms with E-state index < -0.39 is 86.8 Å². The van der Waals surface area contributed by atoms with Gasteiger partial charge in [-0.05, 0) is 57.8 Å². The van der Waals surface area contributed by atoms with Crippen molar-refractivity contribution in [3.63, 3.8) is 0 Å². The van der Waals surface area contributed by atoms with E-state index in [-0.39, 0.29) is 18.9 Å². The van der Waals surface area contributed by atoms with Gasteiger partial charge in [0.15, 0.2) is 12.6 Å². The highest BCUT2D eigenvalue weighted by Crippen LogP contribution is 2.30. The molecular formula is C61H111NO13. The van der Waals surface area contributed by atoms with Gasteiger partial charge in [-0.3, -0.25) is 4.79 Å². The molecule has 0 radical (unpaired) electrons. The molecule has 2 fully saturated rings. The molecule has 0 aromatic carbocycles. The predicted molar refractivity (Wildman–Crippen MR) is 300 cm³/mol. The number of aliphatic hydroxyl groups excluding tert-OH is 8. The molecule has 2 saturated heterocycles. The number of amides is 1. The highest BCUT2D eigenvalue weighted by atomic mass is 16.7. The topological polar surface area (TPSA) is 228 Å². The molecule has 0 aromatic rings. The quantitative estimate of drug-likeness (QED) is 0.0204. The molecule has 12 unspecified atom stereocenters. The zero-order chi connectivity index (χ0) is 54.6. The number of ether oxygens (including phenoxy) is 4. The molecule has 12 atom stereocenters. The number of nitrogens with one attached hydrogen (secondary N) is 1. The van der Waals surface area contributed by atoms with E-state index in [1.165, 1.54) is 154 Å². The first kappa shape index (κ1) is 69.1. The first-order valence-electron chi connectivity index (χ1n) is 30.4. The van der Waals surface area contributed by atoms with Crippen LogP contribution in [0.25, 0.3) is 0 Å². The molecule has 0 bridgehead atoms. The van der Waals surface area contributed by atoms with Gasteiger partial charge in [-0.25, -0.2) is 0 Å². The van der Waals surface area contributed by atoms with Crippen LogP contribution < -0.4 is 5.32 Å². The number of hydrogen-bond acceptors (Lipinski definition) is 13. The summed E-state index contributed by atoms with van der Waals surface area (Å²) in [5, 5.41) is 86.6. The summed E-state index contributed by atoms with van der Waals surface area (Å²) in [7, 11) is 0. The van der Waals surface area contributed by atoms with E-state index in [4.69, 9.17) is 18.9 Å². The van der Waals surface area contributed by atoms with Gasteiger partial charge in [-0.15, -0.1) is 0 Å². The molecular weight excluding hydrogens is 955 g/mol. The van der Waals surface area contributed by atoms with Crippen molar-refractivity contribution < 1.29 is 64.6 Å². The van der Waals surface area contributed by atoms with Crippen molar-refractivity contribution in [3.8, 4) is 0 Å². The van der Waals surface area contributed by atoms with Crippen LogP contribution in [0.1, 0.15) is 239 Å². The van der Waals surface area contributed by atoms with E-state index in [1.807, 2.05) is 6.08 Å². The van der Waals surface area contributed by atoms with Crippen LogP contribution in [0, 0.1) is 0 Å². The Bertz CT molecular complexity index is 1440. The minimum absolute atomic E-state index is 0.251. The van der Waals surface area contributed by atoms with Crippen molar-refractivity contribution in [1.29, 1.82) is 0 Å². The second-order valence-electron chi connectivity index (χ2n) is 21.5. The Morgan fingerprint density at radius 3 is 1.43 bits per heavy atom. The minimum Gasteiger partial charge on any atom is -0.394 e. The van der Waals surface area contributed by atoms with Crippen LogP contribution in [0.15, 0.2) is 48.6 Å². The second-order valence-corrected chi connectivity index (χ2v) is 21.5. The lowest BCUT2D eigenvalue weighted by atomic mass is 9.97. The minimum atomic E-state index is -1.79. The van der Waals surface area contributed by atoms with Crippen molar-refractivity contribution in [2.75, 3.05) is 19.8 Å². The molecule has 0 spiro atoms. The lowest BCUT2D eigenvalue weighted by molar-refractivity contribution is -0.359. The summed E-state index contributed by atoms with van der Waals surface area (Å²) in [6.45, 7) is 2.69. The number of hydrogen-bond donors (Lipinski definition) is 9. The molecule has 75 heavy (non-hydrogen) atoms. The third-order valence-electron chi connectivity index (χ3n) is 14.7. The first-order chi connectivity index (χ1) is 36.6. The zero-order valence-electron chi connectivity index (χ0n) is 47.0. The van der Waals surface area contributed by atoms with Crippen molar-refractivity contribution in [2.45, 2.75) is 312 Å². The van der Waals surface area contributed by atoms with Crippen molar-refractivity contribution in [1.82, 2.24) is 5.32 Å². The second kappa shape index (κ2) is 46.8. The summed E-state index contributed by atoms with van der Waals surface area (Å²) in [6.07, 6.45) is 42.2. The summed E-state index contributed by atoms with van der Waals surface area (Å²) >= 11 is 0. The molecule has 2 rings (SSSR count). The fourth-order valence-electron chi connectivity index (χ4n) is 9.80. The highest BCUT2D eigenvalue weighted by Gasteiger charge is 2.51. The molecule has 0 aliphatic carbocycles. The van der Waals surface area contributed by atoms with E-state index in [0.717, 1.165) is 51.4 Å². The molecule has 2 aliphatic heterocycles. The molecule has 0 saturated carbocycles. The van der Waals surface area contributed by atoms with Gasteiger partial charge >= 0.3 is 0 Å². The Morgan fingerprint density at radius 1 is 0.480 bits per heavy atom. The molecule has 2 aliphatic rings. The molecule has 14 heteroatoms. The lowest BCUT2D eigenvalue weighted by Gasteiger charge is -2.46. The van der Waals surface area contributed by atoms with Crippen molar-refractivity contribution in [2.24, 2.45) is 0 Å². The Balaban J connectivity index is 1.58. The highest BCUT2D eigenvalue weighted by molar-refractivity contribution is 5.76. The van der Waals surface area contributed by atoms with Gasteiger partial charge in [0.2, 0.25) is 5.91 Å². The molecule has 9 N–H and O–H groups in total. The number of aliphatic hydroxyl groups is 8. The third-order valence-corrected chi connectivity index (χ3v) is 14.7. The summed E-state index contributed by atoms with van der Waals surface area (Å²) in [5.74, 6) is -0.251. The Hall–Kier alpha value is -2.05. The smallest absolute Gasteiger partial charge is 0.220 e. The molecule has 2 heterocycles. The summed E-state index contributed by atoms with van der Waals surface area (Å²) < 4.78 is 22.7. The lowest BCUT2D eigenvalue weighted by Crippen LogP contribution is -2.65. The average Bonchev–Trinajstić information content (AvgIpc) is 3.41. The average molecular weight is 1070 g/mol. The maximum atomic E-state index is 13.2. The van der Waals surface area contributed by atoms with Gasteiger partial charge < -0.3 is 65.1 Å². The van der Waals surface area contributed by atoms with Gasteiger partial charge in [0.1, 0.15) is 48.8 Å². The SMILES string of the molecule is CCCC/C=C/CC/C=C/C(O)C(COC1OC(CO)C(OC2OC(CO)C(O)C(O)C2O)C(O)C1O)NC(=O)CCCCCCCCCCCCCCCCCCCCCCC/C=C\C/C=C\CCCCCCC. The number of carbonyl (C=O) groups excluding carboxylic acids is 1.